The van der Waals surface area contributed by atoms with Crippen LogP contribution in [0.3, 0.4) is 0 Å². The first-order valence-electron chi connectivity index (χ1n) is 12.6. The monoisotopic (exact) mass is 585 g/mol. The Balaban J connectivity index is 1.78. The molecule has 0 radical (unpaired) electrons. The lowest BCUT2D eigenvalue weighted by molar-refractivity contribution is 0.0635. The molecule has 0 fully saturated rings. The topological polar surface area (TPSA) is 150 Å². The first-order chi connectivity index (χ1) is 19.2. The maximum Gasteiger partial charge on any atom is 0.413 e. The number of rotatable bonds is 7. The Morgan fingerprint density at radius 1 is 1.07 bits per heavy atom. The number of anilines is 1. The molecule has 2 aromatic heterocycles. The molecule has 0 spiro atoms. The molecule has 0 atom stereocenters. The second-order valence-corrected chi connectivity index (χ2v) is 12.9. The average molecular weight is 586 g/mol. The summed E-state index contributed by atoms with van der Waals surface area (Å²) in [7, 11) is -3.49. The van der Waals surface area contributed by atoms with Crippen molar-refractivity contribution in [1.29, 1.82) is 0 Å². The fraction of sp³-hybridized carbons (Fsp3) is 0.286. The van der Waals surface area contributed by atoms with Gasteiger partial charge < -0.3 is 15.0 Å². The highest BCUT2D eigenvalue weighted by molar-refractivity contribution is 7.92. The SMILES string of the molecule is CC(C)S(=O)(=O)c1ccc(-c2cnc(NC(=O)OC(C)(C)C)c(-c3cc(-c4c(F)cc(CN)cc4F)no3)n2)cc1. The summed E-state index contributed by atoms with van der Waals surface area (Å²) in [5.41, 5.74) is 5.18. The number of hydrogen-bond donors (Lipinski definition) is 2. The van der Waals surface area contributed by atoms with E-state index >= 15 is 0 Å². The molecule has 0 saturated heterocycles. The van der Waals surface area contributed by atoms with Crippen molar-refractivity contribution in [3.63, 3.8) is 0 Å². The van der Waals surface area contributed by atoms with Crippen molar-refractivity contribution in [2.75, 3.05) is 5.32 Å². The number of nitrogens with one attached hydrogen (secondary N) is 1. The number of nitrogens with zero attached hydrogens (tertiary/aromatic N) is 3. The lowest BCUT2D eigenvalue weighted by atomic mass is 10.1. The molecule has 0 saturated carbocycles. The van der Waals surface area contributed by atoms with Gasteiger partial charge in [0.15, 0.2) is 27.1 Å². The third-order valence-electron chi connectivity index (χ3n) is 5.83. The summed E-state index contributed by atoms with van der Waals surface area (Å²) >= 11 is 0. The van der Waals surface area contributed by atoms with E-state index in [-0.39, 0.29) is 40.0 Å². The van der Waals surface area contributed by atoms with Crippen LogP contribution in [0.1, 0.15) is 40.2 Å². The van der Waals surface area contributed by atoms with Crippen molar-refractivity contribution >= 4 is 21.7 Å². The summed E-state index contributed by atoms with van der Waals surface area (Å²) in [5.74, 6) is -1.88. The Morgan fingerprint density at radius 3 is 2.27 bits per heavy atom. The van der Waals surface area contributed by atoms with Gasteiger partial charge in [0.2, 0.25) is 0 Å². The molecule has 2 aromatic carbocycles. The number of amides is 1. The number of aromatic nitrogens is 3. The summed E-state index contributed by atoms with van der Waals surface area (Å²) in [6.45, 7) is 8.19. The number of carbonyl (C=O) groups is 1. The normalized spacial score (nSPS) is 12.0. The maximum absolute atomic E-state index is 14.7. The summed E-state index contributed by atoms with van der Waals surface area (Å²) in [6, 6.07) is 9.52. The van der Waals surface area contributed by atoms with Gasteiger partial charge in [0, 0.05) is 18.2 Å². The van der Waals surface area contributed by atoms with Gasteiger partial charge in [-0.2, -0.15) is 0 Å². The Labute approximate surface area is 235 Å². The van der Waals surface area contributed by atoms with E-state index in [2.05, 4.69) is 20.4 Å². The van der Waals surface area contributed by atoms with Crippen LogP contribution in [-0.4, -0.2) is 40.5 Å². The molecule has 13 heteroatoms. The Kier molecular flexibility index (Phi) is 8.22. The Morgan fingerprint density at radius 2 is 1.71 bits per heavy atom. The zero-order valence-corrected chi connectivity index (χ0v) is 23.8. The second kappa shape index (κ2) is 11.3. The van der Waals surface area contributed by atoms with Crippen LogP contribution in [0.5, 0.6) is 0 Å². The lowest BCUT2D eigenvalue weighted by Crippen LogP contribution is -2.27. The molecule has 41 heavy (non-hydrogen) atoms. The van der Waals surface area contributed by atoms with E-state index in [9.17, 15) is 22.0 Å². The summed E-state index contributed by atoms with van der Waals surface area (Å²) in [4.78, 5) is 21.5. The number of hydrogen-bond acceptors (Lipinski definition) is 9. The number of benzene rings is 2. The molecule has 0 aliphatic rings. The van der Waals surface area contributed by atoms with Gasteiger partial charge in [0.1, 0.15) is 22.9 Å². The van der Waals surface area contributed by atoms with Gasteiger partial charge in [-0.25, -0.2) is 32.0 Å². The van der Waals surface area contributed by atoms with Gasteiger partial charge in [-0.1, -0.05) is 17.3 Å². The van der Waals surface area contributed by atoms with Crippen molar-refractivity contribution < 1.29 is 31.3 Å². The summed E-state index contributed by atoms with van der Waals surface area (Å²) in [6.07, 6.45) is 0.544. The number of halogens is 2. The minimum Gasteiger partial charge on any atom is -0.444 e. The second-order valence-electron chi connectivity index (χ2n) is 10.4. The van der Waals surface area contributed by atoms with Crippen LogP contribution in [0.2, 0.25) is 0 Å². The average Bonchev–Trinajstić information content (AvgIpc) is 3.36. The zero-order valence-electron chi connectivity index (χ0n) is 23.0. The predicted octanol–water partition coefficient (Wildman–Crippen LogP) is 5.73. The molecule has 2 heterocycles. The Hall–Kier alpha value is -4.23. The van der Waals surface area contributed by atoms with E-state index in [1.54, 1.807) is 46.8 Å². The molecular weight excluding hydrogens is 556 g/mol. The van der Waals surface area contributed by atoms with Crippen LogP contribution in [0, 0.1) is 11.6 Å². The number of nitrogens with two attached hydrogens (primary N) is 1. The summed E-state index contributed by atoms with van der Waals surface area (Å²) in [5, 5.41) is 5.72. The third-order valence-corrected chi connectivity index (χ3v) is 8.00. The summed E-state index contributed by atoms with van der Waals surface area (Å²) < 4.78 is 65.2. The smallest absolute Gasteiger partial charge is 0.413 e. The van der Waals surface area contributed by atoms with Gasteiger partial charge in [-0.05, 0) is 64.4 Å². The third kappa shape index (κ3) is 6.57. The molecule has 0 bridgehead atoms. The van der Waals surface area contributed by atoms with Crippen LogP contribution >= 0.6 is 0 Å². The largest absolute Gasteiger partial charge is 0.444 e. The van der Waals surface area contributed by atoms with Crippen molar-refractivity contribution in [3.05, 3.63) is 65.9 Å². The highest BCUT2D eigenvalue weighted by atomic mass is 32.2. The molecule has 4 aromatic rings. The van der Waals surface area contributed by atoms with Crippen molar-refractivity contribution in [2.45, 2.75) is 56.9 Å². The van der Waals surface area contributed by atoms with E-state index in [1.165, 1.54) is 24.4 Å². The van der Waals surface area contributed by atoms with E-state index in [4.69, 9.17) is 15.0 Å². The van der Waals surface area contributed by atoms with E-state index < -0.39 is 44.0 Å². The lowest BCUT2D eigenvalue weighted by Gasteiger charge is -2.19. The van der Waals surface area contributed by atoms with Gasteiger partial charge in [-0.15, -0.1) is 0 Å². The molecule has 0 unspecified atom stereocenters. The molecule has 0 aliphatic carbocycles. The van der Waals surface area contributed by atoms with Gasteiger partial charge in [0.25, 0.3) is 0 Å². The number of sulfone groups is 1. The zero-order chi connectivity index (χ0) is 30.1. The number of carbonyl (C=O) groups excluding carboxylic acids is 1. The minimum atomic E-state index is -3.49. The molecule has 1 amide bonds. The van der Waals surface area contributed by atoms with Gasteiger partial charge in [-0.3, -0.25) is 5.32 Å². The minimum absolute atomic E-state index is 0.00891. The standard InChI is InChI=1S/C28H29F2N5O5S/c1-15(2)41(37,38)18-8-6-17(7-9-18)22-14-32-26(34-27(36)39-28(3,4)5)25(33-22)23-12-21(35-40-23)24-19(29)10-16(13-31)11-20(24)30/h6-12,14-15H,13,31H2,1-5H3,(H,32,34,36). The van der Waals surface area contributed by atoms with Crippen molar-refractivity contribution in [1.82, 2.24) is 15.1 Å². The quantitative estimate of drug-likeness (QED) is 0.277. The molecule has 3 N–H and O–H groups in total. The highest BCUT2D eigenvalue weighted by Gasteiger charge is 2.24. The molecule has 216 valence electrons. The fourth-order valence-corrected chi connectivity index (χ4v) is 4.83. The predicted molar refractivity (Wildman–Crippen MR) is 148 cm³/mol. The van der Waals surface area contributed by atoms with Crippen molar-refractivity contribution in [3.8, 4) is 34.0 Å². The van der Waals surface area contributed by atoms with E-state index in [1.807, 2.05) is 0 Å². The molecule has 4 rings (SSSR count). The highest BCUT2D eigenvalue weighted by Crippen LogP contribution is 2.33. The van der Waals surface area contributed by atoms with Crippen LogP contribution in [0.4, 0.5) is 19.4 Å². The van der Waals surface area contributed by atoms with Gasteiger partial charge in [0.05, 0.1) is 27.6 Å². The van der Waals surface area contributed by atoms with Gasteiger partial charge >= 0.3 is 6.09 Å². The van der Waals surface area contributed by atoms with Crippen LogP contribution < -0.4 is 11.1 Å². The van der Waals surface area contributed by atoms with Crippen LogP contribution in [0.25, 0.3) is 34.0 Å². The molecule has 0 aliphatic heterocycles. The van der Waals surface area contributed by atoms with E-state index in [0.717, 1.165) is 12.1 Å². The fourth-order valence-electron chi connectivity index (χ4n) is 3.77. The first kappa shape index (κ1) is 29.7. The molecular formula is C28H29F2N5O5S. The van der Waals surface area contributed by atoms with E-state index in [0.29, 0.717) is 11.3 Å². The Bertz CT molecular complexity index is 1670. The van der Waals surface area contributed by atoms with Crippen LogP contribution in [-0.2, 0) is 21.1 Å². The number of ether oxygens (including phenoxy) is 1. The molecule has 10 nitrogen and oxygen atoms in total. The maximum atomic E-state index is 14.7. The van der Waals surface area contributed by atoms with Crippen LogP contribution in [0.15, 0.2) is 58.1 Å². The van der Waals surface area contributed by atoms with Crippen molar-refractivity contribution in [2.24, 2.45) is 5.73 Å². The first-order valence-corrected chi connectivity index (χ1v) is 14.1.